The van der Waals surface area contributed by atoms with Gasteiger partial charge in [-0.15, -0.1) is 0 Å². The number of carbonyl (C=O) groups is 3. The highest BCUT2D eigenvalue weighted by Gasteiger charge is 2.37. The predicted molar refractivity (Wildman–Crippen MR) is 114 cm³/mol. The topological polar surface area (TPSA) is 69.7 Å². The van der Waals surface area contributed by atoms with Gasteiger partial charge in [-0.05, 0) is 37.1 Å². The Labute approximate surface area is 171 Å². The van der Waals surface area contributed by atoms with E-state index in [9.17, 15) is 14.4 Å². The first-order valence-corrected chi connectivity index (χ1v) is 9.88. The van der Waals surface area contributed by atoms with Gasteiger partial charge in [-0.1, -0.05) is 42.8 Å². The van der Waals surface area contributed by atoms with Crippen LogP contribution in [-0.2, 0) is 20.8 Å². The van der Waals surface area contributed by atoms with Gasteiger partial charge in [-0.3, -0.25) is 14.4 Å². The standard InChI is InChI=1S/C23H27N3O3/c1-4-17-7-5-6-8-20(17)26-14-18(13-22(26)28)23(29)25(3)15-21(27)24-19-11-9-16(2)10-12-19/h5-12,18H,4,13-15H2,1-3H3,(H,24,27)/t18-/m0/s1. The molecule has 3 rings (SSSR count). The molecule has 6 heteroatoms. The fraction of sp³-hybridized carbons (Fsp3) is 0.348. The number of hydrogen-bond donors (Lipinski definition) is 1. The highest BCUT2D eigenvalue weighted by molar-refractivity contribution is 6.01. The van der Waals surface area contributed by atoms with E-state index in [-0.39, 0.29) is 30.7 Å². The number of hydrogen-bond acceptors (Lipinski definition) is 3. The predicted octanol–water partition coefficient (Wildman–Crippen LogP) is 3.01. The minimum absolute atomic E-state index is 0.0526. The molecule has 1 atom stereocenters. The fourth-order valence-electron chi connectivity index (χ4n) is 3.62. The number of likely N-dealkylation sites (N-methyl/N-ethyl adjacent to an activating group) is 1. The van der Waals surface area contributed by atoms with Gasteiger partial charge >= 0.3 is 0 Å². The van der Waals surface area contributed by atoms with E-state index < -0.39 is 5.92 Å². The van der Waals surface area contributed by atoms with Crippen LogP contribution in [0.5, 0.6) is 0 Å². The van der Waals surface area contributed by atoms with Gasteiger partial charge in [0.2, 0.25) is 17.7 Å². The molecule has 0 aliphatic carbocycles. The van der Waals surface area contributed by atoms with Crippen molar-refractivity contribution in [2.75, 3.05) is 30.4 Å². The zero-order valence-corrected chi connectivity index (χ0v) is 17.1. The minimum atomic E-state index is -0.440. The van der Waals surface area contributed by atoms with Crippen molar-refractivity contribution >= 4 is 29.1 Å². The average Bonchev–Trinajstić information content (AvgIpc) is 3.10. The van der Waals surface area contributed by atoms with Gasteiger partial charge in [0.1, 0.15) is 0 Å². The summed E-state index contributed by atoms with van der Waals surface area (Å²) in [5, 5.41) is 2.79. The number of rotatable bonds is 6. The van der Waals surface area contributed by atoms with E-state index in [1.54, 1.807) is 11.9 Å². The third-order valence-corrected chi connectivity index (χ3v) is 5.23. The van der Waals surface area contributed by atoms with E-state index in [0.717, 1.165) is 23.2 Å². The van der Waals surface area contributed by atoms with Crippen LogP contribution >= 0.6 is 0 Å². The van der Waals surface area contributed by atoms with Crippen LogP contribution in [0.15, 0.2) is 48.5 Å². The maximum atomic E-state index is 12.8. The number of anilines is 2. The molecule has 2 aromatic rings. The monoisotopic (exact) mass is 393 g/mol. The summed E-state index contributed by atoms with van der Waals surface area (Å²) in [6, 6.07) is 15.3. The summed E-state index contributed by atoms with van der Waals surface area (Å²) >= 11 is 0. The summed E-state index contributed by atoms with van der Waals surface area (Å²) in [4.78, 5) is 40.7. The van der Waals surface area contributed by atoms with Gasteiger partial charge in [-0.2, -0.15) is 0 Å². The second kappa shape index (κ2) is 8.90. The molecule has 29 heavy (non-hydrogen) atoms. The summed E-state index contributed by atoms with van der Waals surface area (Å²) in [6.07, 6.45) is 0.985. The molecule has 6 nitrogen and oxygen atoms in total. The Kier molecular flexibility index (Phi) is 6.32. The molecule has 0 saturated carbocycles. The molecular weight excluding hydrogens is 366 g/mol. The largest absolute Gasteiger partial charge is 0.336 e. The number of carbonyl (C=O) groups excluding carboxylic acids is 3. The maximum Gasteiger partial charge on any atom is 0.243 e. The molecule has 0 radical (unpaired) electrons. The summed E-state index contributed by atoms with van der Waals surface area (Å²) in [5.74, 6) is -0.942. The van der Waals surface area contributed by atoms with E-state index in [4.69, 9.17) is 0 Å². The molecule has 0 unspecified atom stereocenters. The quantitative estimate of drug-likeness (QED) is 0.820. The molecule has 1 heterocycles. The van der Waals surface area contributed by atoms with Crippen molar-refractivity contribution in [3.63, 3.8) is 0 Å². The van der Waals surface area contributed by atoms with Crippen molar-refractivity contribution in [2.45, 2.75) is 26.7 Å². The number of para-hydroxylation sites is 1. The Bertz CT molecular complexity index is 908. The normalized spacial score (nSPS) is 16.0. The van der Waals surface area contributed by atoms with Crippen molar-refractivity contribution in [3.05, 3.63) is 59.7 Å². The van der Waals surface area contributed by atoms with Crippen molar-refractivity contribution in [1.29, 1.82) is 0 Å². The smallest absolute Gasteiger partial charge is 0.243 e. The van der Waals surface area contributed by atoms with Crippen LogP contribution in [0.4, 0.5) is 11.4 Å². The third kappa shape index (κ3) is 4.83. The van der Waals surface area contributed by atoms with Crippen molar-refractivity contribution in [3.8, 4) is 0 Å². The second-order valence-electron chi connectivity index (χ2n) is 7.50. The summed E-state index contributed by atoms with van der Waals surface area (Å²) < 4.78 is 0. The maximum absolute atomic E-state index is 12.8. The molecule has 0 spiro atoms. The lowest BCUT2D eigenvalue weighted by Crippen LogP contribution is -2.39. The van der Waals surface area contributed by atoms with Gasteiger partial charge in [-0.25, -0.2) is 0 Å². The number of benzene rings is 2. The van der Waals surface area contributed by atoms with Gasteiger partial charge in [0.25, 0.3) is 0 Å². The second-order valence-corrected chi connectivity index (χ2v) is 7.50. The Morgan fingerprint density at radius 1 is 1.14 bits per heavy atom. The summed E-state index contributed by atoms with van der Waals surface area (Å²) in [7, 11) is 1.60. The molecule has 3 amide bonds. The van der Waals surface area contributed by atoms with Gasteiger partial charge in [0.15, 0.2) is 0 Å². The molecule has 1 aliphatic heterocycles. The SMILES string of the molecule is CCc1ccccc1N1C[C@@H](C(=O)N(C)CC(=O)Nc2ccc(C)cc2)CC1=O. The van der Waals surface area contributed by atoms with Gasteiger partial charge < -0.3 is 15.1 Å². The number of nitrogens with zero attached hydrogens (tertiary/aromatic N) is 2. The van der Waals surface area contributed by atoms with Crippen molar-refractivity contribution in [1.82, 2.24) is 4.90 Å². The number of amides is 3. The van der Waals surface area contributed by atoms with E-state index in [2.05, 4.69) is 5.32 Å². The van der Waals surface area contributed by atoms with E-state index in [0.29, 0.717) is 12.2 Å². The van der Waals surface area contributed by atoms with Gasteiger partial charge in [0.05, 0.1) is 12.5 Å². The first-order chi connectivity index (χ1) is 13.9. The first kappa shape index (κ1) is 20.6. The molecule has 1 aliphatic rings. The molecule has 0 aromatic heterocycles. The summed E-state index contributed by atoms with van der Waals surface area (Å²) in [6.45, 7) is 4.31. The molecule has 0 bridgehead atoms. The van der Waals surface area contributed by atoms with E-state index in [1.165, 1.54) is 4.90 Å². The summed E-state index contributed by atoms with van der Waals surface area (Å²) in [5.41, 5.74) is 3.75. The third-order valence-electron chi connectivity index (χ3n) is 5.23. The lowest BCUT2D eigenvalue weighted by Gasteiger charge is -2.22. The Hall–Kier alpha value is -3.15. The molecule has 1 fully saturated rings. The first-order valence-electron chi connectivity index (χ1n) is 9.88. The van der Waals surface area contributed by atoms with Crippen LogP contribution in [0.25, 0.3) is 0 Å². The lowest BCUT2D eigenvalue weighted by atomic mass is 10.1. The number of aryl methyl sites for hydroxylation is 2. The molecular formula is C23H27N3O3. The van der Waals surface area contributed by atoms with Crippen LogP contribution < -0.4 is 10.2 Å². The van der Waals surface area contributed by atoms with E-state index >= 15 is 0 Å². The zero-order chi connectivity index (χ0) is 21.0. The lowest BCUT2D eigenvalue weighted by molar-refractivity contribution is -0.137. The highest BCUT2D eigenvalue weighted by atomic mass is 16.2. The Balaban J connectivity index is 1.60. The number of nitrogens with one attached hydrogen (secondary N) is 1. The molecule has 1 saturated heterocycles. The van der Waals surface area contributed by atoms with Gasteiger partial charge in [0, 0.05) is 31.4 Å². The van der Waals surface area contributed by atoms with Crippen molar-refractivity contribution in [2.24, 2.45) is 5.92 Å². The molecule has 1 N–H and O–H groups in total. The minimum Gasteiger partial charge on any atom is -0.336 e. The van der Waals surface area contributed by atoms with Crippen LogP contribution in [0, 0.1) is 12.8 Å². The molecule has 2 aromatic carbocycles. The van der Waals surface area contributed by atoms with Crippen LogP contribution in [-0.4, -0.2) is 42.8 Å². The Morgan fingerprint density at radius 3 is 2.52 bits per heavy atom. The van der Waals surface area contributed by atoms with Crippen LogP contribution in [0.3, 0.4) is 0 Å². The highest BCUT2D eigenvalue weighted by Crippen LogP contribution is 2.29. The van der Waals surface area contributed by atoms with E-state index in [1.807, 2.05) is 62.4 Å². The molecule has 152 valence electrons. The van der Waals surface area contributed by atoms with Crippen LogP contribution in [0.1, 0.15) is 24.5 Å². The Morgan fingerprint density at radius 2 is 1.83 bits per heavy atom. The zero-order valence-electron chi connectivity index (χ0n) is 17.1. The average molecular weight is 393 g/mol. The van der Waals surface area contributed by atoms with Crippen LogP contribution in [0.2, 0.25) is 0 Å². The fourth-order valence-corrected chi connectivity index (χ4v) is 3.62. The van der Waals surface area contributed by atoms with Crippen molar-refractivity contribution < 1.29 is 14.4 Å².